The Hall–Kier alpha value is -2.91. The lowest BCUT2D eigenvalue weighted by molar-refractivity contribution is -0.384. The molecule has 30 heavy (non-hydrogen) atoms. The van der Waals surface area contributed by atoms with Crippen LogP contribution >= 0.6 is 23.4 Å². The lowest BCUT2D eigenvalue weighted by atomic mass is 9.87. The van der Waals surface area contributed by atoms with Gasteiger partial charge in [-0.25, -0.2) is 4.98 Å². The summed E-state index contributed by atoms with van der Waals surface area (Å²) in [5.41, 5.74) is 2.23. The number of hydrogen-bond donors (Lipinski definition) is 2. The number of amides is 1. The third-order valence-electron chi connectivity index (χ3n) is 4.25. The molecule has 2 N–H and O–H groups in total. The van der Waals surface area contributed by atoms with Gasteiger partial charge in [0, 0.05) is 17.3 Å². The van der Waals surface area contributed by atoms with Gasteiger partial charge in [0.1, 0.15) is 5.02 Å². The molecule has 0 fully saturated rings. The number of nitrogens with one attached hydrogen (secondary N) is 2. The van der Waals surface area contributed by atoms with Gasteiger partial charge in [-0.15, -0.1) is 5.10 Å². The van der Waals surface area contributed by atoms with Crippen LogP contribution in [-0.2, 0) is 10.2 Å². The summed E-state index contributed by atoms with van der Waals surface area (Å²) in [5.74, 6) is 0.334. The minimum atomic E-state index is -0.601. The number of halogens is 1. The third kappa shape index (κ3) is 5.37. The Kier molecular flexibility index (Phi) is 6.42. The van der Waals surface area contributed by atoms with Gasteiger partial charge < -0.3 is 5.32 Å². The summed E-state index contributed by atoms with van der Waals surface area (Å²) in [5, 5.41) is 21.0. The van der Waals surface area contributed by atoms with Crippen LogP contribution in [0.15, 0.2) is 47.6 Å². The molecule has 0 aliphatic carbocycles. The molecule has 1 heterocycles. The van der Waals surface area contributed by atoms with Crippen LogP contribution < -0.4 is 5.32 Å². The molecule has 0 aliphatic heterocycles. The average molecular weight is 446 g/mol. The molecule has 0 bridgehead atoms. The average Bonchev–Trinajstić information content (AvgIpc) is 3.16. The molecular formula is C20H20ClN5O3S. The van der Waals surface area contributed by atoms with Crippen LogP contribution in [0.1, 0.15) is 26.3 Å². The van der Waals surface area contributed by atoms with E-state index in [0.717, 1.165) is 17.3 Å². The maximum atomic E-state index is 12.2. The summed E-state index contributed by atoms with van der Waals surface area (Å²) < 4.78 is 0. The topological polar surface area (TPSA) is 114 Å². The third-order valence-corrected chi connectivity index (χ3v) is 5.42. The largest absolute Gasteiger partial charge is 0.325 e. The summed E-state index contributed by atoms with van der Waals surface area (Å²) >= 11 is 6.93. The van der Waals surface area contributed by atoms with Crippen molar-refractivity contribution in [1.82, 2.24) is 15.2 Å². The van der Waals surface area contributed by atoms with Gasteiger partial charge in [-0.1, -0.05) is 68.4 Å². The number of rotatable bonds is 6. The Morgan fingerprint density at radius 3 is 2.57 bits per heavy atom. The fourth-order valence-corrected chi connectivity index (χ4v) is 3.41. The molecule has 10 heteroatoms. The molecular weight excluding hydrogens is 426 g/mol. The number of aromatic nitrogens is 3. The van der Waals surface area contributed by atoms with Gasteiger partial charge in [-0.2, -0.15) is 0 Å². The number of nitro groups is 1. The molecule has 0 saturated carbocycles. The smallest absolute Gasteiger partial charge is 0.289 e. The normalized spacial score (nSPS) is 11.3. The quantitative estimate of drug-likeness (QED) is 0.311. The number of carbonyl (C=O) groups is 1. The first-order chi connectivity index (χ1) is 14.1. The van der Waals surface area contributed by atoms with E-state index in [9.17, 15) is 14.9 Å². The second-order valence-corrected chi connectivity index (χ2v) is 8.90. The molecule has 0 aliphatic rings. The Labute approximate surface area is 182 Å². The van der Waals surface area contributed by atoms with Crippen molar-refractivity contribution in [1.29, 1.82) is 0 Å². The van der Waals surface area contributed by atoms with Crippen molar-refractivity contribution in [3.05, 3.63) is 63.2 Å². The van der Waals surface area contributed by atoms with E-state index >= 15 is 0 Å². The van der Waals surface area contributed by atoms with Gasteiger partial charge in [-0.05, 0) is 23.1 Å². The highest BCUT2D eigenvalue weighted by Gasteiger charge is 2.16. The fourth-order valence-electron chi connectivity index (χ4n) is 2.63. The molecule has 1 amide bonds. The molecule has 1 aromatic heterocycles. The Bertz CT molecular complexity index is 1080. The number of nitro benzene ring substituents is 1. The zero-order chi connectivity index (χ0) is 21.9. The molecule has 156 valence electrons. The van der Waals surface area contributed by atoms with Gasteiger partial charge in [0.25, 0.3) is 5.69 Å². The number of hydrogen-bond acceptors (Lipinski definition) is 6. The van der Waals surface area contributed by atoms with Crippen LogP contribution in [0, 0.1) is 10.1 Å². The van der Waals surface area contributed by atoms with Crippen LogP contribution in [0.4, 0.5) is 11.4 Å². The van der Waals surface area contributed by atoms with Crippen molar-refractivity contribution < 1.29 is 9.72 Å². The van der Waals surface area contributed by atoms with Crippen molar-refractivity contribution in [2.24, 2.45) is 0 Å². The monoisotopic (exact) mass is 445 g/mol. The lowest BCUT2D eigenvalue weighted by Gasteiger charge is -2.18. The van der Waals surface area contributed by atoms with Crippen LogP contribution in [0.2, 0.25) is 5.02 Å². The lowest BCUT2D eigenvalue weighted by Crippen LogP contribution is -2.14. The van der Waals surface area contributed by atoms with Gasteiger partial charge in [0.15, 0.2) is 5.82 Å². The summed E-state index contributed by atoms with van der Waals surface area (Å²) in [4.78, 5) is 26.9. The number of benzene rings is 2. The van der Waals surface area contributed by atoms with Crippen LogP contribution in [0.5, 0.6) is 0 Å². The SMILES string of the molecule is CC(C)(C)c1ccc(-c2nc(SCC(=O)Nc3ccc(Cl)c([N+](=O)[O-])c3)n[nH]2)cc1. The maximum Gasteiger partial charge on any atom is 0.289 e. The summed E-state index contributed by atoms with van der Waals surface area (Å²) in [6.07, 6.45) is 0. The van der Waals surface area contributed by atoms with E-state index in [1.165, 1.54) is 23.8 Å². The summed E-state index contributed by atoms with van der Waals surface area (Å²) in [6.45, 7) is 6.45. The molecule has 0 atom stereocenters. The van der Waals surface area contributed by atoms with Crippen molar-refractivity contribution in [3.8, 4) is 11.4 Å². The van der Waals surface area contributed by atoms with Crippen molar-refractivity contribution in [3.63, 3.8) is 0 Å². The van der Waals surface area contributed by atoms with Crippen LogP contribution in [0.25, 0.3) is 11.4 Å². The van der Waals surface area contributed by atoms with Crippen LogP contribution in [0.3, 0.4) is 0 Å². The molecule has 0 radical (unpaired) electrons. The van der Waals surface area contributed by atoms with E-state index in [-0.39, 0.29) is 27.8 Å². The molecule has 3 rings (SSSR count). The Morgan fingerprint density at radius 2 is 1.93 bits per heavy atom. The zero-order valence-electron chi connectivity index (χ0n) is 16.6. The summed E-state index contributed by atoms with van der Waals surface area (Å²) in [7, 11) is 0. The number of aromatic amines is 1. The second-order valence-electron chi connectivity index (χ2n) is 7.55. The Balaban J connectivity index is 1.59. The maximum absolute atomic E-state index is 12.2. The number of thioether (sulfide) groups is 1. The van der Waals surface area contributed by atoms with E-state index in [1.54, 1.807) is 0 Å². The molecule has 8 nitrogen and oxygen atoms in total. The van der Waals surface area contributed by atoms with Gasteiger partial charge >= 0.3 is 0 Å². The van der Waals surface area contributed by atoms with Crippen molar-refractivity contribution >= 4 is 40.6 Å². The molecule has 0 spiro atoms. The highest BCUT2D eigenvalue weighted by molar-refractivity contribution is 7.99. The zero-order valence-corrected chi connectivity index (χ0v) is 18.2. The van der Waals surface area contributed by atoms with E-state index in [2.05, 4.69) is 53.4 Å². The highest BCUT2D eigenvalue weighted by Crippen LogP contribution is 2.28. The minimum absolute atomic E-state index is 0.0103. The molecule has 0 saturated heterocycles. The first-order valence-corrected chi connectivity index (χ1v) is 10.4. The molecule has 0 unspecified atom stereocenters. The fraction of sp³-hybridized carbons (Fsp3) is 0.250. The standard InChI is InChI=1S/C20H20ClN5O3S/c1-20(2,3)13-6-4-12(5-7-13)18-23-19(25-24-18)30-11-17(27)22-14-8-9-15(21)16(10-14)26(28)29/h4-10H,11H2,1-3H3,(H,22,27)(H,23,24,25). The van der Waals surface area contributed by atoms with E-state index in [0.29, 0.717) is 16.7 Å². The number of H-pyrrole nitrogens is 1. The van der Waals surface area contributed by atoms with E-state index in [4.69, 9.17) is 11.6 Å². The Morgan fingerprint density at radius 1 is 1.23 bits per heavy atom. The predicted molar refractivity (Wildman–Crippen MR) is 118 cm³/mol. The predicted octanol–water partition coefficient (Wildman–Crippen LogP) is 5.06. The number of carbonyl (C=O) groups excluding carboxylic acids is 1. The van der Waals surface area contributed by atoms with Gasteiger partial charge in [0.2, 0.25) is 11.1 Å². The summed E-state index contributed by atoms with van der Waals surface area (Å²) in [6, 6.07) is 12.2. The first kappa shape index (κ1) is 21.8. The van der Waals surface area contributed by atoms with E-state index < -0.39 is 4.92 Å². The first-order valence-electron chi connectivity index (χ1n) is 9.03. The van der Waals surface area contributed by atoms with Gasteiger partial charge in [0.05, 0.1) is 10.7 Å². The number of nitrogens with zero attached hydrogens (tertiary/aromatic N) is 3. The molecule has 3 aromatic rings. The van der Waals surface area contributed by atoms with E-state index in [1.807, 2.05) is 12.1 Å². The minimum Gasteiger partial charge on any atom is -0.325 e. The van der Waals surface area contributed by atoms with Crippen LogP contribution in [-0.4, -0.2) is 31.8 Å². The molecule has 2 aromatic carbocycles. The van der Waals surface area contributed by atoms with Crippen molar-refractivity contribution in [2.45, 2.75) is 31.3 Å². The highest BCUT2D eigenvalue weighted by atomic mass is 35.5. The van der Waals surface area contributed by atoms with Gasteiger partial charge in [-0.3, -0.25) is 20.0 Å². The van der Waals surface area contributed by atoms with Crippen molar-refractivity contribution in [2.75, 3.05) is 11.1 Å². The number of anilines is 1. The second kappa shape index (κ2) is 8.85.